The van der Waals surface area contributed by atoms with E-state index in [0.29, 0.717) is 6.04 Å². The van der Waals surface area contributed by atoms with Crippen LogP contribution >= 0.6 is 0 Å². The van der Waals surface area contributed by atoms with Gasteiger partial charge in [0.2, 0.25) is 0 Å². The molecule has 0 radical (unpaired) electrons. The summed E-state index contributed by atoms with van der Waals surface area (Å²) in [4.78, 5) is 0. The quantitative estimate of drug-likeness (QED) is 0.860. The van der Waals surface area contributed by atoms with Crippen LogP contribution in [0.25, 0.3) is 0 Å². The maximum absolute atomic E-state index is 6.27. The fourth-order valence-electron chi connectivity index (χ4n) is 4.34. The molecule has 1 fully saturated rings. The molecule has 0 aliphatic heterocycles. The summed E-state index contributed by atoms with van der Waals surface area (Å²) in [5.41, 5.74) is 9.25. The van der Waals surface area contributed by atoms with Gasteiger partial charge in [-0.15, -0.1) is 0 Å². The average Bonchev–Trinajstić information content (AvgIpc) is 2.87. The topological polar surface area (TPSA) is 30.9 Å². The molecule has 2 atom stereocenters. The molecule has 0 saturated heterocycles. The van der Waals surface area contributed by atoms with E-state index in [9.17, 15) is 0 Å². The smallest absolute Gasteiger partial charge is 0.0359 e. The Morgan fingerprint density at radius 3 is 2.74 bits per heavy atom. The summed E-state index contributed by atoms with van der Waals surface area (Å²) in [6, 6.07) is 3.30. The number of aromatic nitrogens is 1. The van der Waals surface area contributed by atoms with Gasteiger partial charge in [0.05, 0.1) is 0 Å². The highest BCUT2D eigenvalue weighted by Gasteiger charge is 2.28. The van der Waals surface area contributed by atoms with Gasteiger partial charge in [0, 0.05) is 24.0 Å². The molecule has 1 aromatic heterocycles. The summed E-state index contributed by atoms with van der Waals surface area (Å²) >= 11 is 0. The second kappa shape index (κ2) is 5.70. The molecule has 0 aromatic carbocycles. The van der Waals surface area contributed by atoms with Gasteiger partial charge < -0.3 is 10.3 Å². The van der Waals surface area contributed by atoms with Crippen LogP contribution < -0.4 is 5.73 Å². The van der Waals surface area contributed by atoms with Gasteiger partial charge in [-0.3, -0.25) is 0 Å². The van der Waals surface area contributed by atoms with E-state index in [-0.39, 0.29) is 6.04 Å². The van der Waals surface area contributed by atoms with E-state index in [2.05, 4.69) is 23.8 Å². The van der Waals surface area contributed by atoms with E-state index >= 15 is 0 Å². The molecule has 0 bridgehead atoms. The van der Waals surface area contributed by atoms with Crippen LogP contribution in [0.1, 0.15) is 81.6 Å². The first-order chi connectivity index (χ1) is 9.31. The van der Waals surface area contributed by atoms with Crippen molar-refractivity contribution in [2.75, 3.05) is 0 Å². The van der Waals surface area contributed by atoms with Crippen molar-refractivity contribution in [3.63, 3.8) is 0 Å². The minimum Gasteiger partial charge on any atom is -0.348 e. The van der Waals surface area contributed by atoms with E-state index in [1.807, 2.05) is 0 Å². The molecule has 106 valence electrons. The minimum absolute atomic E-state index is 0.286. The van der Waals surface area contributed by atoms with Crippen LogP contribution in [0.5, 0.6) is 0 Å². The van der Waals surface area contributed by atoms with Gasteiger partial charge in [-0.05, 0) is 56.1 Å². The second-order valence-corrected chi connectivity index (χ2v) is 6.50. The predicted octanol–water partition coefficient (Wildman–Crippen LogP) is 4.36. The Morgan fingerprint density at radius 1 is 1.21 bits per heavy atom. The van der Waals surface area contributed by atoms with E-state index in [1.165, 1.54) is 56.9 Å². The Bertz CT molecular complexity index is 415. The number of hydrogen-bond acceptors (Lipinski definition) is 1. The van der Waals surface area contributed by atoms with Crippen LogP contribution in [-0.2, 0) is 6.42 Å². The summed E-state index contributed by atoms with van der Waals surface area (Å²) in [5, 5.41) is 0. The molecular formula is C17H28N2. The van der Waals surface area contributed by atoms with Gasteiger partial charge in [0.1, 0.15) is 0 Å². The van der Waals surface area contributed by atoms with E-state index < -0.39 is 0 Å². The Balaban J connectivity index is 1.87. The molecule has 3 rings (SSSR count). The molecule has 2 aliphatic rings. The van der Waals surface area contributed by atoms with Crippen LogP contribution in [0.4, 0.5) is 0 Å². The number of fused-ring (bicyclic) bond motifs is 1. The molecule has 2 heteroatoms. The van der Waals surface area contributed by atoms with Gasteiger partial charge >= 0.3 is 0 Å². The third-order valence-electron chi connectivity index (χ3n) is 5.36. The van der Waals surface area contributed by atoms with Gasteiger partial charge in [-0.2, -0.15) is 0 Å². The monoisotopic (exact) mass is 260 g/mol. The van der Waals surface area contributed by atoms with Crippen molar-refractivity contribution in [2.45, 2.75) is 76.8 Å². The van der Waals surface area contributed by atoms with Gasteiger partial charge in [0.15, 0.2) is 0 Å². The first kappa shape index (κ1) is 13.2. The average molecular weight is 260 g/mol. The highest BCUT2D eigenvalue weighted by molar-refractivity contribution is 5.29. The van der Waals surface area contributed by atoms with Crippen molar-refractivity contribution < 1.29 is 0 Å². The number of hydrogen-bond donors (Lipinski definition) is 1. The Morgan fingerprint density at radius 2 is 2.00 bits per heavy atom. The zero-order chi connectivity index (χ0) is 13.2. The lowest BCUT2D eigenvalue weighted by Crippen LogP contribution is -2.24. The highest BCUT2D eigenvalue weighted by Crippen LogP contribution is 2.38. The summed E-state index contributed by atoms with van der Waals surface area (Å²) < 4.78 is 2.60. The molecule has 2 nitrogen and oxygen atoms in total. The van der Waals surface area contributed by atoms with Crippen molar-refractivity contribution in [1.29, 1.82) is 0 Å². The standard InChI is InChI=1S/C17H28N2/c1-2-16(13-7-4-3-5-8-13)19-12-11-14-15(18)9-6-10-17(14)19/h11-13,15-16H,2-10,18H2,1H3. The number of nitrogens with two attached hydrogens (primary N) is 1. The maximum Gasteiger partial charge on any atom is 0.0359 e. The number of nitrogens with zero attached hydrogens (tertiary/aromatic N) is 1. The fourth-order valence-corrected chi connectivity index (χ4v) is 4.34. The number of rotatable bonds is 3. The van der Waals surface area contributed by atoms with E-state index in [0.717, 1.165) is 12.3 Å². The molecule has 2 N–H and O–H groups in total. The van der Waals surface area contributed by atoms with Gasteiger partial charge in [-0.25, -0.2) is 0 Å². The first-order valence-corrected chi connectivity index (χ1v) is 8.26. The Kier molecular flexibility index (Phi) is 3.97. The van der Waals surface area contributed by atoms with Crippen molar-refractivity contribution in [2.24, 2.45) is 11.7 Å². The zero-order valence-corrected chi connectivity index (χ0v) is 12.3. The summed E-state index contributed by atoms with van der Waals surface area (Å²) in [7, 11) is 0. The lowest BCUT2D eigenvalue weighted by Gasteiger charge is -2.33. The molecule has 19 heavy (non-hydrogen) atoms. The lowest BCUT2D eigenvalue weighted by molar-refractivity contribution is 0.238. The van der Waals surface area contributed by atoms with Crippen molar-refractivity contribution in [3.8, 4) is 0 Å². The van der Waals surface area contributed by atoms with E-state index in [1.54, 1.807) is 5.69 Å². The van der Waals surface area contributed by atoms with Crippen molar-refractivity contribution in [3.05, 3.63) is 23.5 Å². The highest BCUT2D eigenvalue weighted by atomic mass is 15.0. The molecule has 0 spiro atoms. The van der Waals surface area contributed by atoms with Crippen LogP contribution in [0.3, 0.4) is 0 Å². The largest absolute Gasteiger partial charge is 0.348 e. The maximum atomic E-state index is 6.27. The van der Waals surface area contributed by atoms with Gasteiger partial charge in [0.25, 0.3) is 0 Å². The first-order valence-electron chi connectivity index (χ1n) is 8.26. The van der Waals surface area contributed by atoms with Crippen molar-refractivity contribution >= 4 is 0 Å². The van der Waals surface area contributed by atoms with Crippen LogP contribution in [-0.4, -0.2) is 4.57 Å². The third-order valence-corrected chi connectivity index (χ3v) is 5.36. The van der Waals surface area contributed by atoms with Crippen LogP contribution in [0.2, 0.25) is 0 Å². The zero-order valence-electron chi connectivity index (χ0n) is 12.3. The van der Waals surface area contributed by atoms with Crippen molar-refractivity contribution in [1.82, 2.24) is 4.57 Å². The van der Waals surface area contributed by atoms with Gasteiger partial charge in [-0.1, -0.05) is 26.2 Å². The second-order valence-electron chi connectivity index (χ2n) is 6.50. The third kappa shape index (κ3) is 2.47. The molecule has 2 unspecified atom stereocenters. The summed E-state index contributed by atoms with van der Waals surface area (Å²) in [6.07, 6.45) is 14.4. The minimum atomic E-state index is 0.286. The molecule has 0 amide bonds. The molecular weight excluding hydrogens is 232 g/mol. The lowest BCUT2D eigenvalue weighted by atomic mass is 9.82. The SMILES string of the molecule is CCC(C1CCCCC1)n1ccc2c1CCCC2N. The van der Waals surface area contributed by atoms with E-state index in [4.69, 9.17) is 5.73 Å². The molecule has 1 aromatic rings. The summed E-state index contributed by atoms with van der Waals surface area (Å²) in [6.45, 7) is 2.36. The molecule has 1 saturated carbocycles. The van der Waals surface area contributed by atoms with Crippen LogP contribution in [0.15, 0.2) is 12.3 Å². The molecule has 1 heterocycles. The Labute approximate surface area is 117 Å². The Hall–Kier alpha value is -0.760. The predicted molar refractivity (Wildman–Crippen MR) is 80.2 cm³/mol. The summed E-state index contributed by atoms with van der Waals surface area (Å²) in [5.74, 6) is 0.897. The molecule has 2 aliphatic carbocycles. The fraction of sp³-hybridized carbons (Fsp3) is 0.765. The van der Waals surface area contributed by atoms with Crippen LogP contribution in [0, 0.1) is 5.92 Å². The normalized spacial score (nSPS) is 26.1.